The number of hydrogen-bond donors (Lipinski definition) is 3. The highest BCUT2D eigenvalue weighted by Crippen LogP contribution is 1.93. The van der Waals surface area contributed by atoms with E-state index in [0.717, 1.165) is 0 Å². The van der Waals surface area contributed by atoms with E-state index in [-0.39, 0.29) is 50.6 Å². The molecule has 0 radical (unpaired) electrons. The monoisotopic (exact) mass is 304 g/mol. The molecule has 0 aromatic heterocycles. The highest BCUT2D eigenvalue weighted by atomic mass is 16.5. The molecule has 0 spiro atoms. The van der Waals surface area contributed by atoms with E-state index >= 15 is 0 Å². The van der Waals surface area contributed by atoms with E-state index in [1.54, 1.807) is 13.8 Å². The molecule has 0 aromatic rings. The Morgan fingerprint density at radius 3 is 2.00 bits per heavy atom. The number of carbonyl (C=O) groups excluding carboxylic acids is 3. The van der Waals surface area contributed by atoms with Crippen LogP contribution in [0.4, 0.5) is 0 Å². The first-order chi connectivity index (χ1) is 9.97. The van der Waals surface area contributed by atoms with Crippen LogP contribution in [-0.2, 0) is 23.9 Å². The van der Waals surface area contributed by atoms with Crippen molar-refractivity contribution >= 4 is 17.6 Å². The average Bonchev–Trinajstić information content (AvgIpc) is 2.45. The lowest BCUT2D eigenvalue weighted by atomic mass is 10.1. The predicted octanol–water partition coefficient (Wildman–Crippen LogP) is -1.53. The quantitative estimate of drug-likeness (QED) is 0.377. The molecular weight excluding hydrogens is 280 g/mol. The zero-order valence-electron chi connectivity index (χ0n) is 12.5. The van der Waals surface area contributed by atoms with Crippen LogP contribution >= 0.6 is 0 Å². The number of Topliss-reactive ketones (excluding diaryl/α,β-unsaturated/α-hetero) is 1. The normalized spacial score (nSPS) is 10.5. The van der Waals surface area contributed by atoms with Crippen LogP contribution in [0.5, 0.6) is 0 Å². The Kier molecular flexibility index (Phi) is 11.4. The molecule has 122 valence electrons. The Labute approximate surface area is 124 Å². The first-order valence-electron chi connectivity index (χ1n) is 6.79. The van der Waals surface area contributed by atoms with Crippen LogP contribution in [0.25, 0.3) is 0 Å². The summed E-state index contributed by atoms with van der Waals surface area (Å²) in [5.74, 6) is -0.827. The Morgan fingerprint density at radius 1 is 0.952 bits per heavy atom. The summed E-state index contributed by atoms with van der Waals surface area (Å²) in [6, 6.07) is 0. The van der Waals surface area contributed by atoms with Crippen LogP contribution in [-0.4, -0.2) is 68.8 Å². The van der Waals surface area contributed by atoms with E-state index in [9.17, 15) is 14.4 Å². The second kappa shape index (κ2) is 12.2. The molecule has 0 heterocycles. The van der Waals surface area contributed by atoms with E-state index < -0.39 is 12.5 Å². The molecule has 0 saturated heterocycles. The summed E-state index contributed by atoms with van der Waals surface area (Å²) >= 11 is 0. The summed E-state index contributed by atoms with van der Waals surface area (Å²) in [4.78, 5) is 33.2. The number of carbonyl (C=O) groups is 3. The maximum atomic E-state index is 11.3. The minimum atomic E-state index is -0.570. The fourth-order valence-electron chi connectivity index (χ4n) is 1.14. The largest absolute Gasteiger partial charge is 0.387 e. The first kappa shape index (κ1) is 19.5. The molecule has 0 aliphatic rings. The van der Waals surface area contributed by atoms with Gasteiger partial charge in [-0.05, 0) is 0 Å². The molecule has 0 aromatic carbocycles. The lowest BCUT2D eigenvalue weighted by Crippen LogP contribution is -2.33. The van der Waals surface area contributed by atoms with Crippen LogP contribution in [0.2, 0.25) is 0 Å². The minimum absolute atomic E-state index is 0.0228. The third kappa shape index (κ3) is 12.0. The molecule has 0 rings (SSSR count). The second-order valence-corrected chi connectivity index (χ2v) is 4.58. The van der Waals surface area contributed by atoms with Crippen molar-refractivity contribution in [2.75, 3.05) is 46.1 Å². The third-order valence-electron chi connectivity index (χ3n) is 2.40. The molecule has 0 unspecified atom stereocenters. The van der Waals surface area contributed by atoms with Gasteiger partial charge < -0.3 is 25.2 Å². The van der Waals surface area contributed by atoms with Gasteiger partial charge in [0.25, 0.3) is 0 Å². The minimum Gasteiger partial charge on any atom is -0.387 e. The van der Waals surface area contributed by atoms with Gasteiger partial charge in [0.2, 0.25) is 11.8 Å². The molecule has 0 aliphatic heterocycles. The molecule has 0 atom stereocenters. The Morgan fingerprint density at radius 2 is 1.48 bits per heavy atom. The van der Waals surface area contributed by atoms with Gasteiger partial charge in [-0.2, -0.15) is 0 Å². The highest BCUT2D eigenvalue weighted by Gasteiger charge is 2.07. The number of hydrogen-bond acceptors (Lipinski definition) is 6. The van der Waals surface area contributed by atoms with Crippen molar-refractivity contribution in [1.29, 1.82) is 0 Å². The van der Waals surface area contributed by atoms with Crippen molar-refractivity contribution in [3.63, 3.8) is 0 Å². The summed E-state index contributed by atoms with van der Waals surface area (Å²) in [5, 5.41) is 13.4. The van der Waals surface area contributed by atoms with Crippen molar-refractivity contribution < 1.29 is 29.0 Å². The molecule has 8 nitrogen and oxygen atoms in total. The summed E-state index contributed by atoms with van der Waals surface area (Å²) in [7, 11) is 0. The highest BCUT2D eigenvalue weighted by molar-refractivity contribution is 5.81. The van der Waals surface area contributed by atoms with Gasteiger partial charge in [0.1, 0.15) is 19.8 Å². The molecule has 0 fully saturated rings. The Hall–Kier alpha value is -1.51. The number of ether oxygens (including phenoxy) is 2. The zero-order chi connectivity index (χ0) is 16.1. The van der Waals surface area contributed by atoms with Gasteiger partial charge in [-0.3, -0.25) is 14.4 Å². The summed E-state index contributed by atoms with van der Waals surface area (Å²) in [6.45, 7) is 3.92. The van der Waals surface area contributed by atoms with Gasteiger partial charge >= 0.3 is 0 Å². The van der Waals surface area contributed by atoms with Crippen molar-refractivity contribution in [3.05, 3.63) is 0 Å². The van der Waals surface area contributed by atoms with Gasteiger partial charge in [-0.1, -0.05) is 13.8 Å². The predicted molar refractivity (Wildman–Crippen MR) is 74.6 cm³/mol. The maximum Gasteiger partial charge on any atom is 0.246 e. The van der Waals surface area contributed by atoms with E-state index in [4.69, 9.17) is 14.6 Å². The molecular formula is C13H24N2O6. The number of rotatable bonds is 12. The van der Waals surface area contributed by atoms with Crippen molar-refractivity contribution in [3.8, 4) is 0 Å². The van der Waals surface area contributed by atoms with E-state index in [1.165, 1.54) is 0 Å². The van der Waals surface area contributed by atoms with E-state index in [0.29, 0.717) is 6.54 Å². The smallest absolute Gasteiger partial charge is 0.246 e. The molecule has 0 bridgehead atoms. The number of amides is 2. The zero-order valence-corrected chi connectivity index (χ0v) is 12.5. The lowest BCUT2D eigenvalue weighted by molar-refractivity contribution is -0.127. The first-order valence-corrected chi connectivity index (χ1v) is 6.79. The molecule has 21 heavy (non-hydrogen) atoms. The fraction of sp³-hybridized carbons (Fsp3) is 0.769. The number of aliphatic hydroxyl groups is 1. The molecule has 3 N–H and O–H groups in total. The molecule has 8 heteroatoms. The van der Waals surface area contributed by atoms with Crippen LogP contribution in [0, 0.1) is 5.92 Å². The fourth-order valence-corrected chi connectivity index (χ4v) is 1.14. The van der Waals surface area contributed by atoms with Gasteiger partial charge in [-0.25, -0.2) is 0 Å². The van der Waals surface area contributed by atoms with Crippen LogP contribution < -0.4 is 10.6 Å². The standard InChI is InChI=1S/C13H24N2O6/c1-10(2)11(17)8-20-5-4-15-13(19)9-21-6-3-14-12(18)7-16/h10,16H,3-9H2,1-2H3,(H,14,18)(H,15,19). The van der Waals surface area contributed by atoms with Crippen LogP contribution in [0.15, 0.2) is 0 Å². The molecule has 0 aliphatic carbocycles. The van der Waals surface area contributed by atoms with E-state index in [2.05, 4.69) is 10.6 Å². The number of ketones is 1. The average molecular weight is 304 g/mol. The number of aliphatic hydroxyl groups excluding tert-OH is 1. The van der Waals surface area contributed by atoms with Crippen molar-refractivity contribution in [2.24, 2.45) is 5.92 Å². The summed E-state index contributed by atoms with van der Waals surface area (Å²) < 4.78 is 10.1. The van der Waals surface area contributed by atoms with Gasteiger partial charge in [-0.15, -0.1) is 0 Å². The lowest BCUT2D eigenvalue weighted by Gasteiger charge is -2.08. The van der Waals surface area contributed by atoms with Gasteiger partial charge in [0.05, 0.1) is 13.2 Å². The Balaban J connectivity index is 3.39. The third-order valence-corrected chi connectivity index (χ3v) is 2.40. The molecule has 0 saturated carbocycles. The van der Waals surface area contributed by atoms with Gasteiger partial charge in [0, 0.05) is 19.0 Å². The topological polar surface area (TPSA) is 114 Å². The summed E-state index contributed by atoms with van der Waals surface area (Å²) in [6.07, 6.45) is 0. The van der Waals surface area contributed by atoms with Crippen LogP contribution in [0.3, 0.4) is 0 Å². The Bertz CT molecular complexity index is 333. The second-order valence-electron chi connectivity index (χ2n) is 4.58. The van der Waals surface area contributed by atoms with Crippen molar-refractivity contribution in [1.82, 2.24) is 10.6 Å². The number of nitrogens with one attached hydrogen (secondary N) is 2. The van der Waals surface area contributed by atoms with Crippen molar-refractivity contribution in [2.45, 2.75) is 13.8 Å². The van der Waals surface area contributed by atoms with Gasteiger partial charge in [0.15, 0.2) is 5.78 Å². The van der Waals surface area contributed by atoms with E-state index in [1.807, 2.05) is 0 Å². The van der Waals surface area contributed by atoms with Crippen LogP contribution in [0.1, 0.15) is 13.8 Å². The molecule has 2 amide bonds. The summed E-state index contributed by atoms with van der Waals surface area (Å²) in [5.41, 5.74) is 0. The maximum absolute atomic E-state index is 11.3. The SMILES string of the molecule is CC(C)C(=O)COCCNC(=O)COCCNC(=O)CO.